The fourth-order valence-corrected chi connectivity index (χ4v) is 3.91. The van der Waals surface area contributed by atoms with Gasteiger partial charge in [0.1, 0.15) is 11.6 Å². The van der Waals surface area contributed by atoms with Crippen molar-refractivity contribution in [1.82, 2.24) is 14.3 Å². The fourth-order valence-electron chi connectivity index (χ4n) is 3.17. The number of hydrogen-bond donors (Lipinski definition) is 1. The molecule has 150 valence electrons. The number of hydrogen-bond acceptors (Lipinski definition) is 5. The Bertz CT molecular complexity index is 965. The van der Waals surface area contributed by atoms with E-state index < -0.39 is 0 Å². The molecule has 1 aliphatic rings. The Kier molecular flexibility index (Phi) is 5.71. The molecule has 0 radical (unpaired) electrons. The normalized spacial score (nSPS) is 14.1. The predicted molar refractivity (Wildman–Crippen MR) is 113 cm³/mol. The van der Waals surface area contributed by atoms with E-state index >= 15 is 0 Å². The molecule has 4 rings (SSSR count). The van der Waals surface area contributed by atoms with E-state index in [1.54, 1.807) is 12.1 Å². The van der Waals surface area contributed by atoms with Gasteiger partial charge in [0, 0.05) is 49.8 Å². The first-order chi connectivity index (χ1) is 14.1. The number of aryl methyl sites for hydroxylation is 1. The lowest BCUT2D eigenvalue weighted by Crippen LogP contribution is -2.50. The average Bonchev–Trinajstić information content (AvgIpc) is 3.20. The van der Waals surface area contributed by atoms with Crippen LogP contribution in [0.25, 0.3) is 0 Å². The van der Waals surface area contributed by atoms with Crippen LogP contribution >= 0.6 is 11.5 Å². The van der Waals surface area contributed by atoms with Crippen LogP contribution in [0.1, 0.15) is 17.0 Å². The molecule has 3 aromatic rings. The van der Waals surface area contributed by atoms with Crippen LogP contribution in [0.4, 0.5) is 20.0 Å². The number of carbonyl (C=O) groups excluding carboxylic acids is 1. The largest absolute Gasteiger partial charge is 0.343 e. The van der Waals surface area contributed by atoms with Gasteiger partial charge in [-0.25, -0.2) is 14.2 Å². The van der Waals surface area contributed by atoms with Gasteiger partial charge in [0.25, 0.3) is 0 Å². The highest BCUT2D eigenvalue weighted by atomic mass is 32.1. The first kappa shape index (κ1) is 19.3. The minimum atomic E-state index is -0.245. The second-order valence-corrected chi connectivity index (χ2v) is 7.80. The molecule has 1 aromatic heterocycles. The van der Waals surface area contributed by atoms with E-state index in [1.807, 2.05) is 36.1 Å². The van der Waals surface area contributed by atoms with E-state index in [4.69, 9.17) is 0 Å². The van der Waals surface area contributed by atoms with Crippen molar-refractivity contribution in [2.45, 2.75) is 13.3 Å². The summed E-state index contributed by atoms with van der Waals surface area (Å²) in [7, 11) is 0. The number of urea groups is 1. The molecular formula is C21H22FN5OS. The summed E-state index contributed by atoms with van der Waals surface area (Å²) < 4.78 is 17.5. The third kappa shape index (κ3) is 4.89. The molecular weight excluding hydrogens is 389 g/mol. The molecule has 8 heteroatoms. The molecule has 2 amide bonds. The summed E-state index contributed by atoms with van der Waals surface area (Å²) >= 11 is 1.36. The van der Waals surface area contributed by atoms with E-state index in [0.29, 0.717) is 32.6 Å². The first-order valence-corrected chi connectivity index (χ1v) is 10.3. The summed E-state index contributed by atoms with van der Waals surface area (Å²) in [4.78, 5) is 21.1. The van der Waals surface area contributed by atoms with E-state index in [-0.39, 0.29) is 11.8 Å². The molecule has 2 heterocycles. The highest BCUT2D eigenvalue weighted by molar-refractivity contribution is 7.09. The zero-order chi connectivity index (χ0) is 20.2. The van der Waals surface area contributed by atoms with E-state index in [2.05, 4.69) is 19.6 Å². The van der Waals surface area contributed by atoms with Gasteiger partial charge in [0.05, 0.1) is 0 Å². The lowest BCUT2D eigenvalue weighted by Gasteiger charge is -2.34. The average molecular weight is 412 g/mol. The van der Waals surface area contributed by atoms with Crippen LogP contribution in [0.3, 0.4) is 0 Å². The second-order valence-electron chi connectivity index (χ2n) is 7.07. The number of halogens is 1. The maximum Gasteiger partial charge on any atom is 0.321 e. The maximum absolute atomic E-state index is 13.0. The lowest BCUT2D eigenvalue weighted by atomic mass is 10.1. The van der Waals surface area contributed by atoms with Gasteiger partial charge in [0.2, 0.25) is 5.13 Å². The number of rotatable bonds is 4. The van der Waals surface area contributed by atoms with Crippen LogP contribution in [0.5, 0.6) is 0 Å². The van der Waals surface area contributed by atoms with Crippen molar-refractivity contribution >= 4 is 28.4 Å². The van der Waals surface area contributed by atoms with Crippen molar-refractivity contribution < 1.29 is 9.18 Å². The third-order valence-electron chi connectivity index (χ3n) is 4.87. The molecule has 0 saturated carbocycles. The molecule has 1 N–H and O–H groups in total. The van der Waals surface area contributed by atoms with Crippen LogP contribution < -0.4 is 10.2 Å². The summed E-state index contributed by atoms with van der Waals surface area (Å²) in [5.74, 6) is 0.487. The zero-order valence-electron chi connectivity index (χ0n) is 16.1. The molecule has 6 nitrogen and oxygen atoms in total. The Hall–Kier alpha value is -3.00. The highest BCUT2D eigenvalue weighted by Crippen LogP contribution is 2.21. The highest BCUT2D eigenvalue weighted by Gasteiger charge is 2.23. The number of anilines is 2. The lowest BCUT2D eigenvalue weighted by molar-refractivity contribution is 0.208. The van der Waals surface area contributed by atoms with Crippen molar-refractivity contribution in [1.29, 1.82) is 0 Å². The van der Waals surface area contributed by atoms with Crippen LogP contribution in [0, 0.1) is 12.7 Å². The van der Waals surface area contributed by atoms with Gasteiger partial charge in [-0.05, 0) is 36.8 Å². The van der Waals surface area contributed by atoms with Gasteiger partial charge in [-0.3, -0.25) is 0 Å². The Morgan fingerprint density at radius 3 is 2.45 bits per heavy atom. The number of carbonyl (C=O) groups is 1. The van der Waals surface area contributed by atoms with E-state index in [1.165, 1.54) is 23.7 Å². The van der Waals surface area contributed by atoms with Crippen molar-refractivity contribution in [3.63, 3.8) is 0 Å². The molecule has 1 saturated heterocycles. The van der Waals surface area contributed by atoms with Crippen molar-refractivity contribution in [2.24, 2.45) is 0 Å². The zero-order valence-corrected chi connectivity index (χ0v) is 17.0. The second kappa shape index (κ2) is 8.57. The number of aromatic nitrogens is 2. The molecule has 29 heavy (non-hydrogen) atoms. The minimum Gasteiger partial charge on any atom is -0.343 e. The van der Waals surface area contributed by atoms with Gasteiger partial charge in [-0.1, -0.05) is 29.8 Å². The van der Waals surface area contributed by atoms with E-state index in [9.17, 15) is 9.18 Å². The molecule has 0 unspecified atom stereocenters. The number of nitrogens with one attached hydrogen (secondary N) is 1. The SMILES string of the molecule is Cc1ccc(NC(=O)N2CCN(c3nc(Cc4ccc(F)cc4)ns3)CC2)cc1. The minimum absolute atomic E-state index is 0.0808. The van der Waals surface area contributed by atoms with Gasteiger partial charge in [0.15, 0.2) is 0 Å². The summed E-state index contributed by atoms with van der Waals surface area (Å²) in [5.41, 5.74) is 2.94. The molecule has 0 atom stereocenters. The van der Waals surface area contributed by atoms with Gasteiger partial charge < -0.3 is 15.1 Å². The van der Waals surface area contributed by atoms with Crippen LogP contribution in [0.15, 0.2) is 48.5 Å². The summed E-state index contributed by atoms with van der Waals surface area (Å²) in [6.45, 7) is 4.71. The maximum atomic E-state index is 13.0. The number of benzene rings is 2. The molecule has 0 spiro atoms. The molecule has 0 aliphatic carbocycles. The molecule has 1 aliphatic heterocycles. The van der Waals surface area contributed by atoms with Gasteiger partial charge in [-0.15, -0.1) is 0 Å². The molecule has 0 bridgehead atoms. The smallest absolute Gasteiger partial charge is 0.321 e. The standard InChI is InChI=1S/C21H22FN5OS/c1-15-2-8-18(9-3-15)23-20(28)26-10-12-27(13-11-26)21-24-19(25-29-21)14-16-4-6-17(22)7-5-16/h2-9H,10-14H2,1H3,(H,23,28). The Balaban J connectivity index is 1.30. The molecule has 1 fully saturated rings. The topological polar surface area (TPSA) is 61.4 Å². The number of amides is 2. The Morgan fingerprint density at radius 1 is 1.07 bits per heavy atom. The van der Waals surface area contributed by atoms with Gasteiger partial charge >= 0.3 is 6.03 Å². The summed E-state index contributed by atoms with van der Waals surface area (Å²) in [6.07, 6.45) is 0.579. The monoisotopic (exact) mass is 411 g/mol. The fraction of sp³-hybridized carbons (Fsp3) is 0.286. The predicted octanol–water partition coefficient (Wildman–Crippen LogP) is 3.93. The van der Waals surface area contributed by atoms with Crippen LogP contribution in [-0.4, -0.2) is 46.5 Å². The van der Waals surface area contributed by atoms with Crippen molar-refractivity contribution in [3.05, 3.63) is 71.3 Å². The summed E-state index contributed by atoms with van der Waals surface area (Å²) in [5, 5.41) is 3.81. The number of nitrogens with zero attached hydrogens (tertiary/aromatic N) is 4. The van der Waals surface area contributed by atoms with Gasteiger partial charge in [-0.2, -0.15) is 4.37 Å². The van der Waals surface area contributed by atoms with Crippen LogP contribution in [0.2, 0.25) is 0 Å². The summed E-state index contributed by atoms with van der Waals surface area (Å²) in [6, 6.07) is 14.1. The Labute approximate surface area is 173 Å². The van der Waals surface area contributed by atoms with Crippen LogP contribution in [-0.2, 0) is 6.42 Å². The Morgan fingerprint density at radius 2 is 1.76 bits per heavy atom. The third-order valence-corrected chi connectivity index (χ3v) is 5.69. The first-order valence-electron chi connectivity index (χ1n) is 9.51. The number of piperazine rings is 1. The van der Waals surface area contributed by atoms with Crippen molar-refractivity contribution in [2.75, 3.05) is 36.4 Å². The quantitative estimate of drug-likeness (QED) is 0.707. The van der Waals surface area contributed by atoms with Crippen molar-refractivity contribution in [3.8, 4) is 0 Å². The molecule has 2 aromatic carbocycles. The van der Waals surface area contributed by atoms with E-state index in [0.717, 1.165) is 27.8 Å².